The topological polar surface area (TPSA) is 107 Å². The molecule has 426 valence electrons. The first-order chi connectivity index (χ1) is 35.1. The maximum atomic E-state index is 12.9. The summed E-state index contributed by atoms with van der Waals surface area (Å²) in [7, 11) is 0. The Bertz CT molecular complexity index is 1190. The number of hydrogen-bond donors (Lipinski definition) is 0. The van der Waals surface area contributed by atoms with Gasteiger partial charge in [-0.3, -0.25) is 0 Å². The third-order valence-electron chi connectivity index (χ3n) is 14.9. The van der Waals surface area contributed by atoms with Crippen LogP contribution in [-0.2, 0) is 28.4 Å². The fourth-order valence-electron chi connectivity index (χ4n) is 10.2. The summed E-state index contributed by atoms with van der Waals surface area (Å²) in [6, 6.07) is 0. The Labute approximate surface area is 446 Å². The van der Waals surface area contributed by atoms with Gasteiger partial charge in [0.2, 0.25) is 0 Å². The van der Waals surface area contributed by atoms with Crippen molar-refractivity contribution in [1.82, 2.24) is 0 Å². The molecule has 3 unspecified atom stereocenters. The molecule has 0 aliphatic heterocycles. The molecule has 0 amide bonds. The number of carbonyl (C=O) groups is 3. The minimum atomic E-state index is -0.823. The van der Waals surface area contributed by atoms with E-state index in [-0.39, 0.29) is 13.0 Å². The summed E-state index contributed by atoms with van der Waals surface area (Å²) in [5, 5.41) is 0. The number of carbonyl (C=O) groups excluding carboxylic acids is 3. The van der Waals surface area contributed by atoms with Crippen LogP contribution in [-0.4, -0.2) is 56.6 Å². The highest BCUT2D eigenvalue weighted by atomic mass is 16.8. The summed E-state index contributed by atoms with van der Waals surface area (Å²) in [4.78, 5) is 38.4. The van der Waals surface area contributed by atoms with Crippen LogP contribution in [0.1, 0.15) is 330 Å². The first-order valence-corrected chi connectivity index (χ1v) is 31.6. The summed E-state index contributed by atoms with van der Waals surface area (Å²) in [5.74, 6) is 2.49. The highest BCUT2D eigenvalue weighted by Crippen LogP contribution is 2.28. The SMILES string of the molecule is CC(C)CCCCCCCCCCCCCCCOC(=O)OC1CCC(OC(=O)OCCCCCCCCCCCCCCCC(C)C)C(OC(=O)OCCCCCCCCCCCCCCCC(C)C)C1. The van der Waals surface area contributed by atoms with Crippen LogP contribution in [0.15, 0.2) is 0 Å². The molecule has 0 aromatic heterocycles. The van der Waals surface area contributed by atoms with Crippen LogP contribution in [0.2, 0.25) is 0 Å². The molecule has 0 N–H and O–H groups in total. The molecule has 1 saturated carbocycles. The summed E-state index contributed by atoms with van der Waals surface area (Å²) in [6.07, 6.45) is 49.8. The normalized spacial score (nSPS) is 15.9. The lowest BCUT2D eigenvalue weighted by Crippen LogP contribution is -2.43. The van der Waals surface area contributed by atoms with Crippen molar-refractivity contribution >= 4 is 18.5 Å². The second-order valence-corrected chi connectivity index (χ2v) is 23.5. The molecule has 3 atom stereocenters. The molecule has 0 spiro atoms. The van der Waals surface area contributed by atoms with Crippen molar-refractivity contribution in [2.24, 2.45) is 17.8 Å². The van der Waals surface area contributed by atoms with Crippen molar-refractivity contribution in [1.29, 1.82) is 0 Å². The Morgan fingerprint density at radius 1 is 0.292 bits per heavy atom. The first-order valence-electron chi connectivity index (χ1n) is 31.6. The molecule has 0 saturated heterocycles. The average Bonchev–Trinajstić information content (AvgIpc) is 3.34. The second-order valence-electron chi connectivity index (χ2n) is 23.5. The van der Waals surface area contributed by atoms with Gasteiger partial charge in [0.1, 0.15) is 18.3 Å². The maximum Gasteiger partial charge on any atom is 0.508 e. The third kappa shape index (κ3) is 47.5. The van der Waals surface area contributed by atoms with E-state index in [0.29, 0.717) is 26.1 Å². The lowest BCUT2D eigenvalue weighted by atomic mass is 9.92. The van der Waals surface area contributed by atoms with Gasteiger partial charge in [0.05, 0.1) is 19.8 Å². The predicted octanol–water partition coefficient (Wildman–Crippen LogP) is 21.1. The molecule has 0 aromatic carbocycles. The molecule has 1 rings (SSSR count). The third-order valence-corrected chi connectivity index (χ3v) is 14.9. The van der Waals surface area contributed by atoms with Crippen molar-refractivity contribution in [3.63, 3.8) is 0 Å². The van der Waals surface area contributed by atoms with Crippen molar-refractivity contribution < 1.29 is 42.8 Å². The van der Waals surface area contributed by atoms with Gasteiger partial charge in [-0.05, 0) is 49.9 Å². The Hall–Kier alpha value is -2.19. The van der Waals surface area contributed by atoms with Gasteiger partial charge in [-0.25, -0.2) is 14.4 Å². The number of ether oxygens (including phenoxy) is 6. The molecule has 0 bridgehead atoms. The highest BCUT2D eigenvalue weighted by molar-refractivity contribution is 5.62. The van der Waals surface area contributed by atoms with Crippen molar-refractivity contribution in [2.45, 2.75) is 349 Å². The van der Waals surface area contributed by atoms with Gasteiger partial charge in [0.25, 0.3) is 0 Å². The first kappa shape index (κ1) is 67.8. The van der Waals surface area contributed by atoms with E-state index in [9.17, 15) is 14.4 Å². The van der Waals surface area contributed by atoms with E-state index < -0.39 is 36.8 Å². The summed E-state index contributed by atoms with van der Waals surface area (Å²) < 4.78 is 33.5. The number of hydrogen-bond acceptors (Lipinski definition) is 9. The zero-order valence-electron chi connectivity index (χ0n) is 48.6. The molecule has 0 radical (unpaired) electrons. The molecule has 1 aliphatic rings. The van der Waals surface area contributed by atoms with E-state index in [1.54, 1.807) is 0 Å². The smallest absolute Gasteiger partial charge is 0.434 e. The van der Waals surface area contributed by atoms with Crippen LogP contribution in [0.5, 0.6) is 0 Å². The van der Waals surface area contributed by atoms with E-state index in [2.05, 4.69) is 41.5 Å². The van der Waals surface area contributed by atoms with Crippen molar-refractivity contribution in [3.8, 4) is 0 Å². The van der Waals surface area contributed by atoms with Gasteiger partial charge in [0.15, 0.2) is 0 Å². The van der Waals surface area contributed by atoms with Crippen LogP contribution in [0, 0.1) is 17.8 Å². The lowest BCUT2D eigenvalue weighted by molar-refractivity contribution is -0.0983. The zero-order valence-corrected chi connectivity index (χ0v) is 48.6. The summed E-state index contributed by atoms with van der Waals surface area (Å²) in [5.41, 5.74) is 0. The fraction of sp³-hybridized carbons (Fsp3) is 0.952. The van der Waals surface area contributed by atoms with Crippen molar-refractivity contribution in [2.75, 3.05) is 19.8 Å². The number of unbranched alkanes of at least 4 members (excludes halogenated alkanes) is 36. The monoisotopic (exact) mass is 1020 g/mol. The quantitative estimate of drug-likeness (QED) is 0.0334. The molecule has 1 aliphatic carbocycles. The van der Waals surface area contributed by atoms with Gasteiger partial charge in [-0.1, -0.05) is 292 Å². The minimum Gasteiger partial charge on any atom is -0.434 e. The van der Waals surface area contributed by atoms with Gasteiger partial charge in [-0.2, -0.15) is 0 Å². The van der Waals surface area contributed by atoms with Gasteiger partial charge < -0.3 is 28.4 Å². The van der Waals surface area contributed by atoms with E-state index >= 15 is 0 Å². The molecule has 9 heteroatoms. The highest BCUT2D eigenvalue weighted by Gasteiger charge is 2.38. The van der Waals surface area contributed by atoms with Crippen LogP contribution < -0.4 is 0 Å². The van der Waals surface area contributed by atoms with Crippen molar-refractivity contribution in [3.05, 3.63) is 0 Å². The molecule has 0 aromatic rings. The van der Waals surface area contributed by atoms with E-state index in [4.69, 9.17) is 28.4 Å². The summed E-state index contributed by atoms with van der Waals surface area (Å²) >= 11 is 0. The largest absolute Gasteiger partial charge is 0.508 e. The van der Waals surface area contributed by atoms with Gasteiger partial charge >= 0.3 is 18.5 Å². The average molecular weight is 1020 g/mol. The van der Waals surface area contributed by atoms with E-state index in [1.165, 1.54) is 212 Å². The van der Waals surface area contributed by atoms with Gasteiger partial charge in [-0.15, -0.1) is 0 Å². The predicted molar refractivity (Wildman–Crippen MR) is 301 cm³/mol. The van der Waals surface area contributed by atoms with E-state index in [0.717, 1.165) is 75.5 Å². The zero-order chi connectivity index (χ0) is 52.4. The van der Waals surface area contributed by atoms with E-state index in [1.807, 2.05) is 0 Å². The maximum absolute atomic E-state index is 12.9. The molecular weight excluding hydrogens is 901 g/mol. The van der Waals surface area contributed by atoms with Crippen LogP contribution >= 0.6 is 0 Å². The van der Waals surface area contributed by atoms with Crippen LogP contribution in [0.3, 0.4) is 0 Å². The molecule has 72 heavy (non-hydrogen) atoms. The second kappa shape index (κ2) is 50.9. The van der Waals surface area contributed by atoms with Crippen LogP contribution in [0.25, 0.3) is 0 Å². The molecule has 0 heterocycles. The van der Waals surface area contributed by atoms with Gasteiger partial charge in [0, 0.05) is 6.42 Å². The Morgan fingerprint density at radius 2 is 0.514 bits per heavy atom. The molecule has 1 fully saturated rings. The molecular formula is C63H120O9. The summed E-state index contributed by atoms with van der Waals surface area (Å²) in [6.45, 7) is 14.8. The van der Waals surface area contributed by atoms with Crippen LogP contribution in [0.4, 0.5) is 14.4 Å². The Morgan fingerprint density at radius 3 is 0.778 bits per heavy atom. The standard InChI is InChI=1S/C63H120O9/c1-55(2)46-40-34-28-22-16-10-7-13-19-25-31-37-43-51-67-61(64)70-58-49-50-59(71-62(65)68-52-44-38-32-26-20-14-8-11-17-23-29-35-41-47-56(3)4)60(54-58)72-63(66)69-53-45-39-33-27-21-15-9-12-18-24-30-36-42-48-57(5)6/h55-60H,7-54H2,1-6H3. The Kier molecular flexibility index (Phi) is 48.0. The molecule has 9 nitrogen and oxygen atoms in total. The lowest BCUT2D eigenvalue weighted by Gasteiger charge is -2.33. The Balaban J connectivity index is 2.33. The fourth-order valence-corrected chi connectivity index (χ4v) is 10.2. The minimum absolute atomic E-state index is 0.192. The number of rotatable bonds is 51.